The van der Waals surface area contributed by atoms with Crippen molar-refractivity contribution < 1.29 is 4.79 Å². The predicted octanol–water partition coefficient (Wildman–Crippen LogP) is 1.96. The van der Waals surface area contributed by atoms with Crippen LogP contribution >= 0.6 is 0 Å². The summed E-state index contributed by atoms with van der Waals surface area (Å²) in [4.78, 5) is 15.8. The van der Waals surface area contributed by atoms with E-state index < -0.39 is 0 Å². The molecule has 0 aliphatic rings. The van der Waals surface area contributed by atoms with E-state index in [9.17, 15) is 4.79 Å². The third kappa shape index (κ3) is 3.61. The molecule has 0 aliphatic heterocycles. The number of rotatable bonds is 5. The summed E-state index contributed by atoms with van der Waals surface area (Å²) in [6.07, 6.45) is 11.5. The Labute approximate surface area is 101 Å². The van der Waals surface area contributed by atoms with Crippen LogP contribution < -0.4 is 5.32 Å². The fourth-order valence-corrected chi connectivity index (χ4v) is 1.21. The molecule has 0 fully saturated rings. The van der Waals surface area contributed by atoms with Gasteiger partial charge in [-0.05, 0) is 12.2 Å². The minimum Gasteiger partial charge on any atom is -0.330 e. The van der Waals surface area contributed by atoms with Crippen LogP contribution in [0.15, 0.2) is 61.8 Å². The molecular weight excluding hydrogens is 214 g/mol. The summed E-state index contributed by atoms with van der Waals surface area (Å²) in [5, 5.41) is 2.75. The molecule has 1 aromatic heterocycles. The molecule has 1 aromatic rings. The fourth-order valence-electron chi connectivity index (χ4n) is 1.21. The summed E-state index contributed by atoms with van der Waals surface area (Å²) >= 11 is 0. The van der Waals surface area contributed by atoms with Crippen LogP contribution in [0.4, 0.5) is 0 Å². The first-order valence-electron chi connectivity index (χ1n) is 5.08. The number of hydrogen-bond donors (Lipinski definition) is 1. The van der Waals surface area contributed by atoms with E-state index >= 15 is 0 Å². The van der Waals surface area contributed by atoms with Crippen molar-refractivity contribution in [1.82, 2.24) is 14.9 Å². The average molecular weight is 229 g/mol. The van der Waals surface area contributed by atoms with E-state index in [0.29, 0.717) is 11.4 Å². The SMILES string of the molecule is C=C/C=C\C(=C/C=C)NC(=O)c1cncn1C. The molecule has 0 bridgehead atoms. The van der Waals surface area contributed by atoms with Gasteiger partial charge in [0.05, 0.1) is 12.5 Å². The molecule has 0 aliphatic carbocycles. The van der Waals surface area contributed by atoms with Gasteiger partial charge in [-0.1, -0.05) is 31.4 Å². The molecule has 0 unspecified atom stereocenters. The molecule has 0 atom stereocenters. The van der Waals surface area contributed by atoms with Gasteiger partial charge < -0.3 is 9.88 Å². The highest BCUT2D eigenvalue weighted by Crippen LogP contribution is 2.00. The lowest BCUT2D eigenvalue weighted by Crippen LogP contribution is -2.23. The fraction of sp³-hybridized carbons (Fsp3) is 0.0769. The summed E-state index contributed by atoms with van der Waals surface area (Å²) < 4.78 is 1.65. The molecule has 0 aromatic carbocycles. The largest absolute Gasteiger partial charge is 0.330 e. The minimum atomic E-state index is -0.216. The second kappa shape index (κ2) is 6.27. The maximum absolute atomic E-state index is 11.9. The van der Waals surface area contributed by atoms with Crippen LogP contribution in [-0.4, -0.2) is 15.5 Å². The Balaban J connectivity index is 2.82. The van der Waals surface area contributed by atoms with Gasteiger partial charge in [0.2, 0.25) is 0 Å². The molecule has 1 N–H and O–H groups in total. The number of allylic oxidation sites excluding steroid dienone is 5. The van der Waals surface area contributed by atoms with Gasteiger partial charge in [-0.15, -0.1) is 0 Å². The van der Waals surface area contributed by atoms with Gasteiger partial charge in [0.15, 0.2) is 0 Å². The first-order valence-corrected chi connectivity index (χ1v) is 5.08. The molecule has 0 saturated carbocycles. The van der Waals surface area contributed by atoms with Gasteiger partial charge in [-0.3, -0.25) is 4.79 Å². The minimum absolute atomic E-state index is 0.216. The molecule has 0 radical (unpaired) electrons. The van der Waals surface area contributed by atoms with E-state index in [-0.39, 0.29) is 5.91 Å². The Kier molecular flexibility index (Phi) is 4.69. The molecule has 1 heterocycles. The predicted molar refractivity (Wildman–Crippen MR) is 68.3 cm³/mol. The van der Waals surface area contributed by atoms with Crippen LogP contribution in [-0.2, 0) is 7.05 Å². The van der Waals surface area contributed by atoms with E-state index in [4.69, 9.17) is 0 Å². The van der Waals surface area contributed by atoms with Gasteiger partial charge >= 0.3 is 0 Å². The lowest BCUT2D eigenvalue weighted by molar-refractivity contribution is 0.0959. The molecule has 17 heavy (non-hydrogen) atoms. The van der Waals surface area contributed by atoms with Crippen molar-refractivity contribution in [1.29, 1.82) is 0 Å². The third-order valence-electron chi connectivity index (χ3n) is 2.02. The van der Waals surface area contributed by atoms with Gasteiger partial charge in [0.25, 0.3) is 5.91 Å². The third-order valence-corrected chi connectivity index (χ3v) is 2.02. The number of hydrogen-bond acceptors (Lipinski definition) is 2. The summed E-state index contributed by atoms with van der Waals surface area (Å²) in [5.74, 6) is -0.216. The first-order chi connectivity index (χ1) is 8.19. The van der Waals surface area contributed by atoms with Crippen LogP contribution in [0, 0.1) is 0 Å². The van der Waals surface area contributed by atoms with Crippen LogP contribution in [0.3, 0.4) is 0 Å². The zero-order chi connectivity index (χ0) is 12.7. The van der Waals surface area contributed by atoms with Gasteiger partial charge in [0, 0.05) is 12.7 Å². The summed E-state index contributed by atoms with van der Waals surface area (Å²) in [6.45, 7) is 7.16. The molecular formula is C13H15N3O. The van der Waals surface area contributed by atoms with Gasteiger partial charge in [-0.25, -0.2) is 4.98 Å². The van der Waals surface area contributed by atoms with E-state index in [0.717, 1.165) is 0 Å². The molecule has 0 spiro atoms. The Morgan fingerprint density at radius 3 is 2.76 bits per heavy atom. The Hall–Kier alpha value is -2.36. The zero-order valence-electron chi connectivity index (χ0n) is 9.76. The van der Waals surface area contributed by atoms with Crippen molar-refractivity contribution in [3.05, 3.63) is 67.5 Å². The Morgan fingerprint density at radius 2 is 2.24 bits per heavy atom. The number of carbonyl (C=O) groups excluding carboxylic acids is 1. The van der Waals surface area contributed by atoms with E-state index in [2.05, 4.69) is 23.5 Å². The Morgan fingerprint density at radius 1 is 1.47 bits per heavy atom. The Bertz CT molecular complexity index is 481. The second-order valence-electron chi connectivity index (χ2n) is 3.30. The van der Waals surface area contributed by atoms with Gasteiger partial charge in [0.1, 0.15) is 5.69 Å². The summed E-state index contributed by atoms with van der Waals surface area (Å²) in [6, 6.07) is 0. The number of imidazole rings is 1. The summed E-state index contributed by atoms with van der Waals surface area (Å²) in [7, 11) is 1.76. The van der Waals surface area contributed by atoms with Crippen LogP contribution in [0.5, 0.6) is 0 Å². The van der Waals surface area contributed by atoms with Crippen molar-refractivity contribution >= 4 is 5.91 Å². The monoisotopic (exact) mass is 229 g/mol. The quantitative estimate of drug-likeness (QED) is 0.784. The molecule has 88 valence electrons. The number of carbonyl (C=O) groups is 1. The highest BCUT2D eigenvalue weighted by molar-refractivity contribution is 5.93. The maximum atomic E-state index is 11.9. The average Bonchev–Trinajstić information content (AvgIpc) is 2.72. The van der Waals surface area contributed by atoms with Crippen molar-refractivity contribution in [3.8, 4) is 0 Å². The normalized spacial score (nSPS) is 11.5. The highest BCUT2D eigenvalue weighted by Gasteiger charge is 2.09. The first kappa shape index (κ1) is 12.7. The van der Waals surface area contributed by atoms with Crippen molar-refractivity contribution in [2.24, 2.45) is 7.05 Å². The molecule has 1 rings (SSSR count). The molecule has 4 nitrogen and oxygen atoms in total. The van der Waals surface area contributed by atoms with E-state index in [1.165, 1.54) is 6.20 Å². The summed E-state index contributed by atoms with van der Waals surface area (Å²) in [5.41, 5.74) is 1.14. The van der Waals surface area contributed by atoms with Crippen LogP contribution in [0.25, 0.3) is 0 Å². The van der Waals surface area contributed by atoms with Crippen LogP contribution in [0.2, 0.25) is 0 Å². The number of aromatic nitrogens is 2. The lowest BCUT2D eigenvalue weighted by Gasteiger charge is -2.05. The van der Waals surface area contributed by atoms with Gasteiger partial charge in [-0.2, -0.15) is 0 Å². The number of nitrogens with zero attached hydrogens (tertiary/aromatic N) is 2. The smallest absolute Gasteiger partial charge is 0.273 e. The second-order valence-corrected chi connectivity index (χ2v) is 3.30. The molecule has 4 heteroatoms. The lowest BCUT2D eigenvalue weighted by atomic mass is 10.3. The van der Waals surface area contributed by atoms with Crippen molar-refractivity contribution in [2.75, 3.05) is 0 Å². The highest BCUT2D eigenvalue weighted by atomic mass is 16.2. The molecule has 0 saturated heterocycles. The van der Waals surface area contributed by atoms with Crippen molar-refractivity contribution in [2.45, 2.75) is 0 Å². The maximum Gasteiger partial charge on any atom is 0.273 e. The molecule has 1 amide bonds. The van der Waals surface area contributed by atoms with E-state index in [1.807, 2.05) is 0 Å². The standard InChI is InChI=1S/C13H15N3O/c1-4-6-8-11(7-5-2)15-13(17)12-9-14-10-16(12)3/h4-10H,1-2H2,3H3,(H,15,17)/b8-6-,11-7+. The van der Waals surface area contributed by atoms with Crippen LogP contribution in [0.1, 0.15) is 10.5 Å². The van der Waals surface area contributed by atoms with Crippen molar-refractivity contribution in [3.63, 3.8) is 0 Å². The number of amides is 1. The number of nitrogens with one attached hydrogen (secondary N) is 1. The topological polar surface area (TPSA) is 46.9 Å². The number of aryl methyl sites for hydroxylation is 1. The van der Waals surface area contributed by atoms with E-state index in [1.54, 1.807) is 48.3 Å². The zero-order valence-corrected chi connectivity index (χ0v) is 9.76.